The molecule has 1 heterocycles. The number of benzene rings is 2. The highest BCUT2D eigenvalue weighted by Gasteiger charge is 2.22. The van der Waals surface area contributed by atoms with Crippen LogP contribution in [0.15, 0.2) is 42.5 Å². The summed E-state index contributed by atoms with van der Waals surface area (Å²) in [5.74, 6) is 1.40. The van der Waals surface area contributed by atoms with Crippen molar-refractivity contribution < 1.29 is 19.1 Å². The van der Waals surface area contributed by atoms with Gasteiger partial charge in [0.1, 0.15) is 0 Å². The molecule has 0 aromatic heterocycles. The number of hydrogen-bond donors (Lipinski definition) is 0. The number of rotatable bonds is 7. The number of carbonyl (C=O) groups is 2. The van der Waals surface area contributed by atoms with Crippen LogP contribution in [0.4, 0.5) is 5.69 Å². The van der Waals surface area contributed by atoms with Crippen LogP contribution in [0.1, 0.15) is 35.7 Å². The predicted molar refractivity (Wildman–Crippen MR) is 108 cm³/mol. The summed E-state index contributed by atoms with van der Waals surface area (Å²) >= 11 is 0. The molecule has 2 aromatic rings. The Morgan fingerprint density at radius 1 is 1.07 bits per heavy atom. The van der Waals surface area contributed by atoms with E-state index in [1.165, 1.54) is 0 Å². The Hall–Kier alpha value is -3.02. The third kappa shape index (κ3) is 4.11. The van der Waals surface area contributed by atoms with Gasteiger partial charge in [0.25, 0.3) is 5.91 Å². The van der Waals surface area contributed by atoms with Crippen molar-refractivity contribution in [1.82, 2.24) is 4.90 Å². The lowest BCUT2D eigenvalue weighted by Gasteiger charge is -2.22. The van der Waals surface area contributed by atoms with Gasteiger partial charge in [0.2, 0.25) is 5.91 Å². The van der Waals surface area contributed by atoms with Gasteiger partial charge in [0.15, 0.2) is 11.5 Å². The first-order chi connectivity index (χ1) is 13.6. The van der Waals surface area contributed by atoms with E-state index >= 15 is 0 Å². The third-order valence-electron chi connectivity index (χ3n) is 4.99. The van der Waals surface area contributed by atoms with Gasteiger partial charge < -0.3 is 19.3 Å². The fourth-order valence-corrected chi connectivity index (χ4v) is 3.41. The summed E-state index contributed by atoms with van der Waals surface area (Å²) in [6.45, 7) is 3.75. The van der Waals surface area contributed by atoms with Crippen LogP contribution in [-0.4, -0.2) is 44.0 Å². The first-order valence-corrected chi connectivity index (χ1v) is 9.48. The molecule has 0 unspecified atom stereocenters. The summed E-state index contributed by atoms with van der Waals surface area (Å²) in [5, 5.41) is 0. The zero-order valence-corrected chi connectivity index (χ0v) is 16.6. The molecule has 28 heavy (non-hydrogen) atoms. The van der Waals surface area contributed by atoms with E-state index in [2.05, 4.69) is 0 Å². The summed E-state index contributed by atoms with van der Waals surface area (Å²) in [5.41, 5.74) is 2.42. The Bertz CT molecular complexity index is 848. The highest BCUT2D eigenvalue weighted by molar-refractivity contribution is 5.97. The van der Waals surface area contributed by atoms with Gasteiger partial charge in [-0.05, 0) is 55.3 Å². The molecule has 148 valence electrons. The molecule has 2 amide bonds. The average molecular weight is 382 g/mol. The normalized spacial score (nSPS) is 13.5. The number of nitrogens with zero attached hydrogens (tertiary/aromatic N) is 2. The first-order valence-electron chi connectivity index (χ1n) is 9.48. The Morgan fingerprint density at radius 2 is 1.79 bits per heavy atom. The van der Waals surface area contributed by atoms with E-state index in [1.807, 2.05) is 37.3 Å². The summed E-state index contributed by atoms with van der Waals surface area (Å²) in [4.78, 5) is 28.4. The lowest BCUT2D eigenvalue weighted by Crippen LogP contribution is -2.30. The van der Waals surface area contributed by atoms with E-state index < -0.39 is 0 Å². The molecule has 0 bridgehead atoms. The minimum atomic E-state index is -0.0448. The number of methoxy groups -OCH3 is 2. The van der Waals surface area contributed by atoms with Crippen LogP contribution >= 0.6 is 0 Å². The quantitative estimate of drug-likeness (QED) is 0.735. The van der Waals surface area contributed by atoms with Gasteiger partial charge in [-0.25, -0.2) is 0 Å². The molecule has 3 rings (SSSR count). The molecule has 1 fully saturated rings. The second-order valence-corrected chi connectivity index (χ2v) is 6.70. The first kappa shape index (κ1) is 19.7. The Labute approximate surface area is 165 Å². The van der Waals surface area contributed by atoms with E-state index in [0.717, 1.165) is 24.2 Å². The van der Waals surface area contributed by atoms with Gasteiger partial charge >= 0.3 is 0 Å². The minimum absolute atomic E-state index is 0.0448. The van der Waals surface area contributed by atoms with Gasteiger partial charge in [-0.3, -0.25) is 9.59 Å². The Balaban J connectivity index is 1.73. The standard InChI is InChI=1S/C22H26N2O4/c1-4-23(15-16-7-12-19(27-2)20(14-16)28-3)22(26)17-8-10-18(11-9-17)24-13-5-6-21(24)25/h7-12,14H,4-6,13,15H2,1-3H3. The molecular weight excluding hydrogens is 356 g/mol. The van der Waals surface area contributed by atoms with Crippen molar-refractivity contribution >= 4 is 17.5 Å². The maximum atomic E-state index is 12.9. The molecule has 6 nitrogen and oxygen atoms in total. The molecule has 0 radical (unpaired) electrons. The van der Waals surface area contributed by atoms with Crippen LogP contribution in [-0.2, 0) is 11.3 Å². The van der Waals surface area contributed by atoms with Crippen LogP contribution in [0, 0.1) is 0 Å². The largest absolute Gasteiger partial charge is 0.493 e. The number of hydrogen-bond acceptors (Lipinski definition) is 4. The number of amides is 2. The maximum absolute atomic E-state index is 12.9. The van der Waals surface area contributed by atoms with Crippen LogP contribution in [0.3, 0.4) is 0 Å². The van der Waals surface area contributed by atoms with Crippen LogP contribution in [0.25, 0.3) is 0 Å². The van der Waals surface area contributed by atoms with Crippen molar-refractivity contribution in [2.75, 3.05) is 32.2 Å². The molecule has 1 aliphatic rings. The smallest absolute Gasteiger partial charge is 0.254 e. The molecule has 2 aromatic carbocycles. The molecule has 6 heteroatoms. The van der Waals surface area contributed by atoms with E-state index in [4.69, 9.17) is 9.47 Å². The molecule has 1 aliphatic heterocycles. The monoisotopic (exact) mass is 382 g/mol. The number of carbonyl (C=O) groups excluding carboxylic acids is 2. The second-order valence-electron chi connectivity index (χ2n) is 6.70. The van der Waals surface area contributed by atoms with E-state index in [9.17, 15) is 9.59 Å². The summed E-state index contributed by atoms with van der Waals surface area (Å²) in [6, 6.07) is 12.9. The van der Waals surface area contributed by atoms with Crippen LogP contribution < -0.4 is 14.4 Å². The zero-order valence-electron chi connectivity index (χ0n) is 16.6. The fraction of sp³-hybridized carbons (Fsp3) is 0.364. The van der Waals surface area contributed by atoms with Crippen LogP contribution in [0.2, 0.25) is 0 Å². The minimum Gasteiger partial charge on any atom is -0.493 e. The van der Waals surface area contributed by atoms with Crippen molar-refractivity contribution in [3.05, 3.63) is 53.6 Å². The molecule has 0 atom stereocenters. The maximum Gasteiger partial charge on any atom is 0.254 e. The van der Waals surface area contributed by atoms with Crippen molar-refractivity contribution in [2.24, 2.45) is 0 Å². The molecule has 0 saturated carbocycles. The molecule has 0 aliphatic carbocycles. The lowest BCUT2D eigenvalue weighted by molar-refractivity contribution is -0.117. The van der Waals surface area contributed by atoms with Gasteiger partial charge in [-0.2, -0.15) is 0 Å². The molecule has 0 spiro atoms. The van der Waals surface area contributed by atoms with E-state index in [1.54, 1.807) is 36.2 Å². The summed E-state index contributed by atoms with van der Waals surface area (Å²) < 4.78 is 10.6. The molecule has 1 saturated heterocycles. The second kappa shape index (κ2) is 8.78. The van der Waals surface area contributed by atoms with Crippen molar-refractivity contribution in [3.63, 3.8) is 0 Å². The number of anilines is 1. The summed E-state index contributed by atoms with van der Waals surface area (Å²) in [7, 11) is 3.19. The predicted octanol–water partition coefficient (Wildman–Crippen LogP) is 3.49. The van der Waals surface area contributed by atoms with E-state index in [0.29, 0.717) is 36.6 Å². The van der Waals surface area contributed by atoms with Crippen molar-refractivity contribution in [3.8, 4) is 11.5 Å². The Morgan fingerprint density at radius 3 is 2.36 bits per heavy atom. The lowest BCUT2D eigenvalue weighted by atomic mass is 10.1. The topological polar surface area (TPSA) is 59.1 Å². The van der Waals surface area contributed by atoms with Crippen molar-refractivity contribution in [1.29, 1.82) is 0 Å². The van der Waals surface area contributed by atoms with Gasteiger partial charge in [-0.15, -0.1) is 0 Å². The molecular formula is C22H26N2O4. The van der Waals surface area contributed by atoms with E-state index in [-0.39, 0.29) is 11.8 Å². The van der Waals surface area contributed by atoms with Crippen LogP contribution in [0.5, 0.6) is 11.5 Å². The Kier molecular flexibility index (Phi) is 6.19. The van der Waals surface area contributed by atoms with Gasteiger partial charge in [0, 0.05) is 37.3 Å². The third-order valence-corrected chi connectivity index (χ3v) is 4.99. The summed E-state index contributed by atoms with van der Waals surface area (Å²) in [6.07, 6.45) is 1.48. The van der Waals surface area contributed by atoms with Crippen molar-refractivity contribution in [2.45, 2.75) is 26.3 Å². The SMILES string of the molecule is CCN(Cc1ccc(OC)c(OC)c1)C(=O)c1ccc(N2CCCC2=O)cc1. The number of ether oxygens (including phenoxy) is 2. The highest BCUT2D eigenvalue weighted by atomic mass is 16.5. The highest BCUT2D eigenvalue weighted by Crippen LogP contribution is 2.28. The van der Waals surface area contributed by atoms with Gasteiger partial charge in [-0.1, -0.05) is 6.07 Å². The zero-order chi connectivity index (χ0) is 20.1. The average Bonchev–Trinajstić information content (AvgIpc) is 3.17. The van der Waals surface area contributed by atoms with Gasteiger partial charge in [0.05, 0.1) is 14.2 Å². The fourth-order valence-electron chi connectivity index (χ4n) is 3.41. The molecule has 0 N–H and O–H groups in total.